The van der Waals surface area contributed by atoms with E-state index in [1.165, 1.54) is 6.07 Å². The number of anilines is 1. The van der Waals surface area contributed by atoms with Gasteiger partial charge in [-0.3, -0.25) is 4.79 Å². The van der Waals surface area contributed by atoms with Crippen molar-refractivity contribution < 1.29 is 14.3 Å². The molecule has 1 atom stereocenters. The van der Waals surface area contributed by atoms with Gasteiger partial charge in [0.15, 0.2) is 6.10 Å². The van der Waals surface area contributed by atoms with Gasteiger partial charge in [0.2, 0.25) is 0 Å². The molecule has 6 nitrogen and oxygen atoms in total. The number of fused-ring (bicyclic) bond motifs is 1. The van der Waals surface area contributed by atoms with Crippen LogP contribution in [0.4, 0.5) is 5.69 Å². The van der Waals surface area contributed by atoms with Crippen LogP contribution in [0.2, 0.25) is 10.0 Å². The first kappa shape index (κ1) is 21.9. The Morgan fingerprint density at radius 3 is 2.56 bits per heavy atom. The fourth-order valence-corrected chi connectivity index (χ4v) is 3.72. The number of amides is 1. The molecule has 8 heteroatoms. The van der Waals surface area contributed by atoms with Crippen molar-refractivity contribution in [3.05, 3.63) is 82.3 Å². The summed E-state index contributed by atoms with van der Waals surface area (Å²) in [7, 11) is 0. The molecule has 4 aromatic rings. The number of hydrogen-bond acceptors (Lipinski definition) is 4. The third-order valence-electron chi connectivity index (χ3n) is 4.89. The maximum absolute atomic E-state index is 13.0. The zero-order valence-corrected chi connectivity index (χ0v) is 18.6. The second kappa shape index (κ2) is 9.42. The van der Waals surface area contributed by atoms with Gasteiger partial charge in [0.1, 0.15) is 5.82 Å². The fraction of sp³-hybridized carbons (Fsp3) is 0.125. The minimum absolute atomic E-state index is 0.287. The number of rotatable bonds is 6. The van der Waals surface area contributed by atoms with E-state index in [2.05, 4.69) is 15.3 Å². The van der Waals surface area contributed by atoms with Crippen LogP contribution in [0.1, 0.15) is 23.7 Å². The van der Waals surface area contributed by atoms with E-state index in [9.17, 15) is 9.59 Å². The number of aromatic nitrogens is 2. The van der Waals surface area contributed by atoms with Crippen molar-refractivity contribution in [3.63, 3.8) is 0 Å². The molecule has 0 aliphatic carbocycles. The van der Waals surface area contributed by atoms with E-state index >= 15 is 0 Å². The first-order valence-corrected chi connectivity index (χ1v) is 10.7. The number of carbonyl (C=O) groups is 2. The van der Waals surface area contributed by atoms with Crippen LogP contribution in [-0.2, 0) is 9.53 Å². The van der Waals surface area contributed by atoms with E-state index in [-0.39, 0.29) is 6.42 Å². The normalized spacial score (nSPS) is 11.8. The predicted octanol–water partition coefficient (Wildman–Crippen LogP) is 6.11. The molecule has 1 aromatic heterocycles. The van der Waals surface area contributed by atoms with E-state index in [0.29, 0.717) is 32.7 Å². The molecule has 32 heavy (non-hydrogen) atoms. The minimum Gasteiger partial charge on any atom is -0.449 e. The van der Waals surface area contributed by atoms with Crippen LogP contribution in [0.15, 0.2) is 66.7 Å². The summed E-state index contributed by atoms with van der Waals surface area (Å²) >= 11 is 12.0. The summed E-state index contributed by atoms with van der Waals surface area (Å²) in [5.74, 6) is -0.555. The maximum atomic E-state index is 13.0. The van der Waals surface area contributed by atoms with Crippen molar-refractivity contribution in [1.29, 1.82) is 0 Å². The molecule has 2 N–H and O–H groups in total. The van der Waals surface area contributed by atoms with Gasteiger partial charge < -0.3 is 15.0 Å². The lowest BCUT2D eigenvalue weighted by Gasteiger charge is -2.17. The number of ether oxygens (including phenoxy) is 1. The summed E-state index contributed by atoms with van der Waals surface area (Å²) in [6.07, 6.45) is -0.715. The smallest absolute Gasteiger partial charge is 0.339 e. The van der Waals surface area contributed by atoms with Crippen LogP contribution >= 0.6 is 23.2 Å². The molecule has 162 valence electrons. The Hall–Kier alpha value is -3.35. The average molecular weight is 468 g/mol. The van der Waals surface area contributed by atoms with Crippen LogP contribution in [0.5, 0.6) is 0 Å². The molecule has 1 amide bonds. The largest absolute Gasteiger partial charge is 0.449 e. The first-order valence-electron chi connectivity index (χ1n) is 9.97. The Morgan fingerprint density at radius 2 is 1.81 bits per heavy atom. The van der Waals surface area contributed by atoms with Gasteiger partial charge in [-0.05, 0) is 42.8 Å². The predicted molar refractivity (Wildman–Crippen MR) is 126 cm³/mol. The highest BCUT2D eigenvalue weighted by Crippen LogP contribution is 2.27. The molecule has 4 rings (SSSR count). The molecule has 0 bridgehead atoms. The second-order valence-corrected chi connectivity index (χ2v) is 7.91. The van der Waals surface area contributed by atoms with Crippen LogP contribution < -0.4 is 5.32 Å². The second-order valence-electron chi connectivity index (χ2n) is 7.06. The maximum Gasteiger partial charge on any atom is 0.339 e. The van der Waals surface area contributed by atoms with Gasteiger partial charge >= 0.3 is 5.97 Å². The number of H-pyrrole nitrogens is 1. The van der Waals surface area contributed by atoms with Crippen LogP contribution in [0, 0.1) is 0 Å². The summed E-state index contributed by atoms with van der Waals surface area (Å²) in [5, 5.41) is 3.43. The number of carbonyl (C=O) groups excluding carboxylic acids is 2. The number of esters is 1. The Labute approximate surface area is 194 Å². The number of para-hydroxylation sites is 2. The summed E-state index contributed by atoms with van der Waals surface area (Å²) in [6, 6.07) is 19.3. The van der Waals surface area contributed by atoms with Crippen molar-refractivity contribution in [1.82, 2.24) is 9.97 Å². The number of nitrogens with one attached hydrogen (secondary N) is 2. The van der Waals surface area contributed by atoms with Gasteiger partial charge in [-0.1, -0.05) is 60.5 Å². The molecule has 1 unspecified atom stereocenters. The number of benzene rings is 3. The number of imidazole rings is 1. The number of nitrogens with zero attached hydrogens (tertiary/aromatic N) is 1. The van der Waals surface area contributed by atoms with Gasteiger partial charge in [0, 0.05) is 10.6 Å². The molecule has 0 aliphatic rings. The molecule has 0 fully saturated rings. The molecule has 0 radical (unpaired) electrons. The highest BCUT2D eigenvalue weighted by atomic mass is 35.5. The standard InChI is InChI=1S/C24H19Cl2N3O3/c1-2-21(23(30)29-18-12-11-14(25)13-17(18)26)32-24(31)16-8-4-3-7-15(16)22-27-19-9-5-6-10-20(19)28-22/h3-13,21H,2H2,1H3,(H,27,28)(H,29,30). The summed E-state index contributed by atoms with van der Waals surface area (Å²) in [4.78, 5) is 33.5. The lowest BCUT2D eigenvalue weighted by Crippen LogP contribution is -2.32. The van der Waals surface area contributed by atoms with Gasteiger partial charge in [0.05, 0.1) is 27.3 Å². The molecular formula is C24H19Cl2N3O3. The highest BCUT2D eigenvalue weighted by Gasteiger charge is 2.25. The molecule has 1 heterocycles. The van der Waals surface area contributed by atoms with Crippen LogP contribution in [0.3, 0.4) is 0 Å². The summed E-state index contributed by atoms with van der Waals surface area (Å²) in [6.45, 7) is 1.76. The molecule has 0 saturated carbocycles. The van der Waals surface area contributed by atoms with Gasteiger partial charge in [0.25, 0.3) is 5.91 Å². The number of hydrogen-bond donors (Lipinski definition) is 2. The lowest BCUT2D eigenvalue weighted by atomic mass is 10.1. The van der Waals surface area contributed by atoms with Gasteiger partial charge in [-0.2, -0.15) is 0 Å². The third-order valence-corrected chi connectivity index (χ3v) is 5.44. The lowest BCUT2D eigenvalue weighted by molar-refractivity contribution is -0.124. The molecular weight excluding hydrogens is 449 g/mol. The van der Waals surface area contributed by atoms with Crippen LogP contribution in [0.25, 0.3) is 22.4 Å². The SMILES string of the molecule is CCC(OC(=O)c1ccccc1-c1nc2ccccc2[nH]1)C(=O)Nc1ccc(Cl)cc1Cl. The monoisotopic (exact) mass is 467 g/mol. The van der Waals surface area contributed by atoms with E-state index < -0.39 is 18.0 Å². The first-order chi connectivity index (χ1) is 15.5. The quantitative estimate of drug-likeness (QED) is 0.335. The highest BCUT2D eigenvalue weighted by molar-refractivity contribution is 6.36. The average Bonchev–Trinajstić information content (AvgIpc) is 3.23. The van der Waals surface area contributed by atoms with E-state index in [0.717, 1.165) is 11.0 Å². The topological polar surface area (TPSA) is 84.1 Å². The van der Waals surface area contributed by atoms with E-state index in [1.807, 2.05) is 30.3 Å². The van der Waals surface area contributed by atoms with Crippen molar-refractivity contribution in [2.24, 2.45) is 0 Å². The molecule has 3 aromatic carbocycles. The number of aromatic amines is 1. The molecule has 0 saturated heterocycles. The van der Waals surface area contributed by atoms with Crippen LogP contribution in [-0.4, -0.2) is 27.9 Å². The Bertz CT molecular complexity index is 1270. The summed E-state index contributed by atoms with van der Waals surface area (Å²) in [5.41, 5.74) is 2.93. The Kier molecular flexibility index (Phi) is 6.44. The Balaban J connectivity index is 1.55. The summed E-state index contributed by atoms with van der Waals surface area (Å²) < 4.78 is 5.56. The van der Waals surface area contributed by atoms with Gasteiger partial charge in [-0.25, -0.2) is 9.78 Å². The zero-order chi connectivity index (χ0) is 22.7. The van der Waals surface area contributed by atoms with Gasteiger partial charge in [-0.15, -0.1) is 0 Å². The molecule has 0 aliphatic heterocycles. The fourth-order valence-electron chi connectivity index (χ4n) is 3.27. The number of halogens is 2. The van der Waals surface area contributed by atoms with Crippen molar-refractivity contribution >= 4 is 51.8 Å². The van der Waals surface area contributed by atoms with Crippen molar-refractivity contribution in [2.45, 2.75) is 19.4 Å². The minimum atomic E-state index is -1.00. The molecule has 0 spiro atoms. The third kappa shape index (κ3) is 4.61. The van der Waals surface area contributed by atoms with Crippen molar-refractivity contribution in [3.8, 4) is 11.4 Å². The van der Waals surface area contributed by atoms with Crippen molar-refractivity contribution in [2.75, 3.05) is 5.32 Å². The van der Waals surface area contributed by atoms with E-state index in [1.54, 1.807) is 37.3 Å². The zero-order valence-electron chi connectivity index (χ0n) is 17.1. The van der Waals surface area contributed by atoms with E-state index in [4.69, 9.17) is 27.9 Å². The Morgan fingerprint density at radius 1 is 1.06 bits per heavy atom.